The van der Waals surface area contributed by atoms with Crippen molar-refractivity contribution in [1.82, 2.24) is 5.32 Å². The number of ketones is 2. The number of carbonyl (C=O) groups excluding carboxylic acids is 3. The molecule has 2 aromatic rings. The minimum Gasteiger partial charge on any atom is -0.328 e. The number of rotatable bonds is 10. The van der Waals surface area contributed by atoms with Crippen LogP contribution in [0.25, 0.3) is 0 Å². The molecule has 3 rings (SSSR count). The molecule has 1 aliphatic rings. The number of nitrogens with zero attached hydrogens (tertiary/aromatic N) is 1. The van der Waals surface area contributed by atoms with Gasteiger partial charge in [-0.15, -0.1) is 0 Å². The molecule has 1 N–H and O–H groups in total. The average Bonchev–Trinajstić information content (AvgIpc) is 2.98. The number of fused-ring (bicyclic) bond motifs is 1. The number of benzene rings is 2. The number of nitrogens with one attached hydrogen (secondary N) is 1. The third kappa shape index (κ3) is 8.76. The Morgan fingerprint density at radius 1 is 0.897 bits per heavy atom. The summed E-state index contributed by atoms with van der Waals surface area (Å²) in [7, 11) is 0. The van der Waals surface area contributed by atoms with E-state index in [1.807, 2.05) is 0 Å². The summed E-state index contributed by atoms with van der Waals surface area (Å²) < 4.78 is 77.3. The van der Waals surface area contributed by atoms with Crippen LogP contribution in [0.3, 0.4) is 0 Å². The van der Waals surface area contributed by atoms with Crippen molar-refractivity contribution >= 4 is 23.2 Å². The molecule has 0 saturated heterocycles. The fraction of sp³-hybridized carbons (Fsp3) is 0.429. The molecule has 0 saturated carbocycles. The zero-order valence-electron chi connectivity index (χ0n) is 21.1. The van der Waals surface area contributed by atoms with Crippen LogP contribution in [0, 0.1) is 11.8 Å². The molecule has 2 aromatic carbocycles. The molecule has 0 unspecified atom stereocenters. The van der Waals surface area contributed by atoms with E-state index in [2.05, 4.69) is 10.3 Å². The van der Waals surface area contributed by atoms with Gasteiger partial charge in [-0.05, 0) is 31.7 Å². The fourth-order valence-electron chi connectivity index (χ4n) is 4.69. The summed E-state index contributed by atoms with van der Waals surface area (Å²) in [5.41, 5.74) is 2.32. The second-order valence-corrected chi connectivity index (χ2v) is 9.54. The quantitative estimate of drug-likeness (QED) is 0.367. The number of hydrogen-bond donors (Lipinski definition) is 1. The monoisotopic (exact) mass is 554 g/mol. The van der Waals surface area contributed by atoms with Gasteiger partial charge in [-0.1, -0.05) is 54.6 Å². The maximum Gasteiger partial charge on any atom is 0.389 e. The Hall–Kier alpha value is -3.50. The van der Waals surface area contributed by atoms with E-state index in [1.54, 1.807) is 54.6 Å². The van der Waals surface area contributed by atoms with Gasteiger partial charge < -0.3 is 5.32 Å². The van der Waals surface area contributed by atoms with Crippen molar-refractivity contribution in [3.63, 3.8) is 0 Å². The van der Waals surface area contributed by atoms with E-state index in [9.17, 15) is 40.7 Å². The summed E-state index contributed by atoms with van der Waals surface area (Å²) >= 11 is 0. The lowest BCUT2D eigenvalue weighted by molar-refractivity contribution is -0.147. The van der Waals surface area contributed by atoms with E-state index >= 15 is 0 Å². The van der Waals surface area contributed by atoms with Crippen LogP contribution in [0.5, 0.6) is 0 Å². The molecular formula is C28H28F6N2O3. The van der Waals surface area contributed by atoms with Crippen molar-refractivity contribution in [3.8, 4) is 0 Å². The maximum atomic E-state index is 13.3. The largest absolute Gasteiger partial charge is 0.389 e. The molecule has 39 heavy (non-hydrogen) atoms. The summed E-state index contributed by atoms with van der Waals surface area (Å²) in [5, 5.41) is 2.40. The van der Waals surface area contributed by atoms with E-state index in [1.165, 1.54) is 0 Å². The van der Waals surface area contributed by atoms with Crippen molar-refractivity contribution in [1.29, 1.82) is 0 Å². The van der Waals surface area contributed by atoms with E-state index in [0.29, 0.717) is 22.4 Å². The number of Topliss-reactive ketones (excluding diaryl/α,β-unsaturated/α-hetero) is 2. The predicted octanol–water partition coefficient (Wildman–Crippen LogP) is 5.99. The topological polar surface area (TPSA) is 75.6 Å². The van der Waals surface area contributed by atoms with Crippen LogP contribution in [0.15, 0.2) is 59.6 Å². The van der Waals surface area contributed by atoms with Crippen LogP contribution in [0.1, 0.15) is 55.7 Å². The highest BCUT2D eigenvalue weighted by atomic mass is 19.4. The smallest absolute Gasteiger partial charge is 0.328 e. The van der Waals surface area contributed by atoms with Gasteiger partial charge in [0.25, 0.3) is 0 Å². The first-order valence-corrected chi connectivity index (χ1v) is 12.4. The Kier molecular flexibility index (Phi) is 9.68. The second kappa shape index (κ2) is 12.6. The Labute approximate surface area is 221 Å². The van der Waals surface area contributed by atoms with Crippen LogP contribution >= 0.6 is 0 Å². The Morgan fingerprint density at radius 2 is 1.51 bits per heavy atom. The van der Waals surface area contributed by atoms with Crippen LogP contribution < -0.4 is 5.32 Å². The van der Waals surface area contributed by atoms with Crippen LogP contribution in [0.2, 0.25) is 0 Å². The summed E-state index contributed by atoms with van der Waals surface area (Å²) in [6.07, 6.45) is -15.2. The summed E-state index contributed by atoms with van der Waals surface area (Å²) in [4.78, 5) is 43.3. The van der Waals surface area contributed by atoms with Crippen molar-refractivity contribution in [3.05, 3.63) is 71.3 Å². The highest BCUT2D eigenvalue weighted by Gasteiger charge is 2.38. The van der Waals surface area contributed by atoms with Crippen molar-refractivity contribution in [2.24, 2.45) is 16.8 Å². The zero-order chi connectivity index (χ0) is 28.8. The van der Waals surface area contributed by atoms with Gasteiger partial charge in [0.1, 0.15) is 5.78 Å². The summed E-state index contributed by atoms with van der Waals surface area (Å²) in [6.45, 7) is 1.03. The summed E-state index contributed by atoms with van der Waals surface area (Å²) in [6, 6.07) is 15.8. The molecular weight excluding hydrogens is 526 g/mol. The molecule has 0 aliphatic carbocycles. The lowest BCUT2D eigenvalue weighted by Gasteiger charge is -2.26. The van der Waals surface area contributed by atoms with Gasteiger partial charge in [-0.2, -0.15) is 26.3 Å². The number of carbonyl (C=O) groups is 3. The van der Waals surface area contributed by atoms with E-state index in [4.69, 9.17) is 0 Å². The van der Waals surface area contributed by atoms with Gasteiger partial charge in [-0.3, -0.25) is 19.4 Å². The van der Waals surface area contributed by atoms with Crippen molar-refractivity contribution in [2.75, 3.05) is 0 Å². The lowest BCUT2D eigenvalue weighted by Crippen LogP contribution is -2.46. The van der Waals surface area contributed by atoms with Gasteiger partial charge in [-0.25, -0.2) is 0 Å². The van der Waals surface area contributed by atoms with Crippen LogP contribution in [-0.4, -0.2) is 41.7 Å². The minimum absolute atomic E-state index is 0.115. The minimum atomic E-state index is -4.66. The molecule has 1 heterocycles. The molecule has 0 spiro atoms. The van der Waals surface area contributed by atoms with Crippen molar-refractivity contribution in [2.45, 2.75) is 64.0 Å². The molecule has 1 amide bonds. The molecule has 1 aliphatic heterocycles. The SMILES string of the molecule is CC(=O)[C@@H](CCCC(F)(F)F)[C@@H](CCC(F)(F)F)C(=O)N[C@H]1N=C(c2ccccc2)c2ccccc2CC1=O. The highest BCUT2D eigenvalue weighted by Crippen LogP contribution is 2.32. The Morgan fingerprint density at radius 3 is 2.13 bits per heavy atom. The first kappa shape index (κ1) is 30.0. The lowest BCUT2D eigenvalue weighted by atomic mass is 9.81. The van der Waals surface area contributed by atoms with Gasteiger partial charge in [0.15, 0.2) is 11.9 Å². The molecule has 5 nitrogen and oxygen atoms in total. The normalized spacial score (nSPS) is 17.5. The molecule has 3 atom stereocenters. The molecule has 11 heteroatoms. The van der Waals surface area contributed by atoms with Crippen LogP contribution in [0.4, 0.5) is 26.3 Å². The van der Waals surface area contributed by atoms with E-state index < -0.39 is 79.9 Å². The number of hydrogen-bond acceptors (Lipinski definition) is 4. The average molecular weight is 555 g/mol. The third-order valence-electron chi connectivity index (χ3n) is 6.59. The van der Waals surface area contributed by atoms with Gasteiger partial charge in [0, 0.05) is 42.2 Å². The van der Waals surface area contributed by atoms with Gasteiger partial charge in [0.05, 0.1) is 5.71 Å². The fourth-order valence-corrected chi connectivity index (χ4v) is 4.69. The molecule has 210 valence electrons. The first-order chi connectivity index (χ1) is 18.2. The molecule has 0 aromatic heterocycles. The van der Waals surface area contributed by atoms with Crippen molar-refractivity contribution < 1.29 is 40.7 Å². The molecule has 0 radical (unpaired) electrons. The van der Waals surface area contributed by atoms with Gasteiger partial charge >= 0.3 is 12.4 Å². The second-order valence-electron chi connectivity index (χ2n) is 9.54. The zero-order valence-corrected chi connectivity index (χ0v) is 21.1. The highest BCUT2D eigenvalue weighted by molar-refractivity contribution is 6.16. The van der Waals surface area contributed by atoms with Gasteiger partial charge in [0.2, 0.25) is 5.91 Å². The number of halogens is 6. The Bertz CT molecular complexity index is 1210. The van der Waals surface area contributed by atoms with Crippen LogP contribution in [-0.2, 0) is 20.8 Å². The molecule has 0 fully saturated rings. The third-order valence-corrected chi connectivity index (χ3v) is 6.59. The van der Waals surface area contributed by atoms with E-state index in [0.717, 1.165) is 6.92 Å². The molecule has 0 bridgehead atoms. The predicted molar refractivity (Wildman–Crippen MR) is 132 cm³/mol. The number of amides is 1. The number of alkyl halides is 6. The Balaban J connectivity index is 1.93. The maximum absolute atomic E-state index is 13.3. The first-order valence-electron chi connectivity index (χ1n) is 12.4. The standard InChI is InChI=1S/C28H28F6N2O3/c1-17(37)20(12-7-14-27(29,30)31)22(13-15-28(32,33)34)26(39)36-25-23(38)16-19-10-5-6-11-21(19)24(35-25)18-8-3-2-4-9-18/h2-6,8-11,20,22,25H,7,12-16H2,1H3,(H,36,39)/t20-,22-,25-/m1/s1. The summed E-state index contributed by atoms with van der Waals surface area (Å²) in [5.74, 6) is -5.23. The number of aliphatic imine (C=N–C) groups is 1. The van der Waals surface area contributed by atoms with E-state index in [-0.39, 0.29) is 6.42 Å².